The fraction of sp³-hybridized carbons (Fsp3) is 0.400. The summed E-state index contributed by atoms with van der Waals surface area (Å²) in [5, 5.41) is 1.51. The van der Waals surface area contributed by atoms with Gasteiger partial charge in [-0.05, 0) is 51.6 Å². The maximum atomic E-state index is 5.92. The van der Waals surface area contributed by atoms with E-state index in [-0.39, 0.29) is 0 Å². The molecule has 0 N–H and O–H groups in total. The highest BCUT2D eigenvalue weighted by molar-refractivity contribution is 14.1. The van der Waals surface area contributed by atoms with Gasteiger partial charge in [0.15, 0.2) is 0 Å². The zero-order valence-corrected chi connectivity index (χ0v) is 11.4. The summed E-state index contributed by atoms with van der Waals surface area (Å²) in [6.07, 6.45) is 0. The summed E-state index contributed by atoms with van der Waals surface area (Å²) >= 11 is 10.2. The van der Waals surface area contributed by atoms with E-state index in [0.29, 0.717) is 5.25 Å². The molecule has 13 heavy (non-hydrogen) atoms. The summed E-state index contributed by atoms with van der Waals surface area (Å²) in [7, 11) is 0. The minimum atomic E-state index is 0.676. The van der Waals surface area contributed by atoms with Gasteiger partial charge in [0.25, 0.3) is 0 Å². The SMILES string of the molecule is CC(C)SCc1cc(Cl)ccc1I. The molecule has 0 aliphatic carbocycles. The number of halogens is 2. The van der Waals surface area contributed by atoms with Crippen LogP contribution in [0.1, 0.15) is 19.4 Å². The second-order valence-electron chi connectivity index (χ2n) is 3.10. The molecule has 0 radical (unpaired) electrons. The predicted molar refractivity (Wildman–Crippen MR) is 70.6 cm³/mol. The minimum Gasteiger partial charge on any atom is -0.154 e. The predicted octanol–water partition coefficient (Wildman–Crippen LogP) is 4.59. The van der Waals surface area contributed by atoms with Crippen molar-refractivity contribution in [2.45, 2.75) is 24.9 Å². The van der Waals surface area contributed by atoms with Gasteiger partial charge in [0.1, 0.15) is 0 Å². The molecular weight excluding hydrogens is 315 g/mol. The van der Waals surface area contributed by atoms with Crippen LogP contribution < -0.4 is 0 Å². The zero-order chi connectivity index (χ0) is 9.84. The molecule has 72 valence electrons. The van der Waals surface area contributed by atoms with Gasteiger partial charge in [0, 0.05) is 14.3 Å². The third kappa shape index (κ3) is 4.09. The molecule has 0 spiro atoms. The molecule has 0 atom stereocenters. The van der Waals surface area contributed by atoms with E-state index in [1.54, 1.807) is 0 Å². The first-order valence-corrected chi connectivity index (χ1v) is 6.65. The Hall–Kier alpha value is 0.590. The van der Waals surface area contributed by atoms with Gasteiger partial charge in [-0.15, -0.1) is 0 Å². The smallest absolute Gasteiger partial charge is 0.0409 e. The summed E-state index contributed by atoms with van der Waals surface area (Å²) in [4.78, 5) is 0. The minimum absolute atomic E-state index is 0.676. The van der Waals surface area contributed by atoms with Crippen LogP contribution in [0.4, 0.5) is 0 Å². The monoisotopic (exact) mass is 326 g/mol. The molecule has 0 bridgehead atoms. The van der Waals surface area contributed by atoms with Gasteiger partial charge in [0.05, 0.1) is 0 Å². The molecule has 0 aliphatic rings. The second kappa shape index (κ2) is 5.47. The normalized spacial score (nSPS) is 10.8. The summed E-state index contributed by atoms with van der Waals surface area (Å²) in [5.41, 5.74) is 1.34. The Labute approximate surface area is 103 Å². The lowest BCUT2D eigenvalue weighted by Crippen LogP contribution is -1.91. The molecule has 0 unspecified atom stereocenters. The number of benzene rings is 1. The van der Waals surface area contributed by atoms with Crippen molar-refractivity contribution in [3.05, 3.63) is 32.4 Å². The average molecular weight is 327 g/mol. The van der Waals surface area contributed by atoms with Crippen molar-refractivity contribution in [2.24, 2.45) is 0 Å². The van der Waals surface area contributed by atoms with Crippen LogP contribution in [0.5, 0.6) is 0 Å². The molecule has 1 aromatic rings. The molecule has 0 saturated carbocycles. The number of thioether (sulfide) groups is 1. The topological polar surface area (TPSA) is 0 Å². The Morgan fingerprint density at radius 2 is 2.15 bits per heavy atom. The fourth-order valence-electron chi connectivity index (χ4n) is 0.910. The lowest BCUT2D eigenvalue weighted by atomic mass is 10.2. The standard InChI is InChI=1S/C10H12ClIS/c1-7(2)13-6-8-5-9(11)3-4-10(8)12/h3-5,7H,6H2,1-2H3. The Balaban J connectivity index is 2.70. The van der Waals surface area contributed by atoms with Gasteiger partial charge >= 0.3 is 0 Å². The Morgan fingerprint density at radius 1 is 1.46 bits per heavy atom. The Kier molecular flexibility index (Phi) is 4.90. The van der Waals surface area contributed by atoms with Gasteiger partial charge in [-0.1, -0.05) is 25.4 Å². The molecule has 0 saturated heterocycles. The highest BCUT2D eigenvalue weighted by Crippen LogP contribution is 2.24. The lowest BCUT2D eigenvalue weighted by molar-refractivity contribution is 1.11. The molecular formula is C10H12ClIS. The third-order valence-electron chi connectivity index (χ3n) is 1.58. The number of hydrogen-bond acceptors (Lipinski definition) is 1. The van der Waals surface area contributed by atoms with Gasteiger partial charge in [-0.3, -0.25) is 0 Å². The highest BCUT2D eigenvalue weighted by Gasteiger charge is 2.02. The van der Waals surface area contributed by atoms with Crippen LogP contribution in [-0.4, -0.2) is 5.25 Å². The first-order valence-electron chi connectivity index (χ1n) is 4.15. The number of hydrogen-bond donors (Lipinski definition) is 0. The molecule has 1 rings (SSSR count). The Morgan fingerprint density at radius 3 is 2.77 bits per heavy atom. The molecule has 0 amide bonds. The quantitative estimate of drug-likeness (QED) is 0.732. The molecule has 0 aromatic heterocycles. The van der Waals surface area contributed by atoms with E-state index in [9.17, 15) is 0 Å². The van der Waals surface area contributed by atoms with Gasteiger partial charge in [0.2, 0.25) is 0 Å². The summed E-state index contributed by atoms with van der Waals surface area (Å²) in [6.45, 7) is 4.42. The first-order chi connectivity index (χ1) is 6.09. The van der Waals surface area contributed by atoms with E-state index < -0.39 is 0 Å². The van der Waals surface area contributed by atoms with Crippen LogP contribution in [0.25, 0.3) is 0 Å². The lowest BCUT2D eigenvalue weighted by Gasteiger charge is -2.07. The summed E-state index contributed by atoms with van der Waals surface area (Å²) in [5.74, 6) is 1.05. The van der Waals surface area contributed by atoms with E-state index in [2.05, 4.69) is 48.6 Å². The van der Waals surface area contributed by atoms with Gasteiger partial charge in [-0.25, -0.2) is 0 Å². The van der Waals surface area contributed by atoms with Crippen LogP contribution in [0.15, 0.2) is 18.2 Å². The maximum absolute atomic E-state index is 5.92. The summed E-state index contributed by atoms with van der Waals surface area (Å²) in [6, 6.07) is 6.06. The van der Waals surface area contributed by atoms with Crippen molar-refractivity contribution in [3.63, 3.8) is 0 Å². The van der Waals surface area contributed by atoms with Crippen molar-refractivity contribution in [1.82, 2.24) is 0 Å². The molecule has 0 aliphatic heterocycles. The third-order valence-corrected chi connectivity index (χ3v) is 4.01. The van der Waals surface area contributed by atoms with Crippen LogP contribution >= 0.6 is 46.0 Å². The van der Waals surface area contributed by atoms with Crippen LogP contribution in [-0.2, 0) is 5.75 Å². The second-order valence-corrected chi connectivity index (χ2v) is 6.26. The van der Waals surface area contributed by atoms with Crippen molar-refractivity contribution in [3.8, 4) is 0 Å². The van der Waals surface area contributed by atoms with Gasteiger partial charge in [-0.2, -0.15) is 11.8 Å². The number of rotatable bonds is 3. The molecule has 0 fully saturated rings. The van der Waals surface area contributed by atoms with E-state index in [1.165, 1.54) is 9.13 Å². The molecule has 1 aromatic carbocycles. The van der Waals surface area contributed by atoms with Crippen molar-refractivity contribution < 1.29 is 0 Å². The van der Waals surface area contributed by atoms with Crippen molar-refractivity contribution in [2.75, 3.05) is 0 Å². The first kappa shape index (κ1) is 11.7. The zero-order valence-electron chi connectivity index (χ0n) is 7.68. The highest BCUT2D eigenvalue weighted by atomic mass is 127. The maximum Gasteiger partial charge on any atom is 0.0409 e. The van der Waals surface area contributed by atoms with E-state index in [0.717, 1.165) is 10.8 Å². The fourth-order valence-corrected chi connectivity index (χ4v) is 2.64. The van der Waals surface area contributed by atoms with Crippen molar-refractivity contribution >= 4 is 46.0 Å². The molecule has 0 heterocycles. The van der Waals surface area contributed by atoms with Crippen LogP contribution in [0, 0.1) is 3.57 Å². The largest absolute Gasteiger partial charge is 0.154 e. The van der Waals surface area contributed by atoms with E-state index in [4.69, 9.17) is 11.6 Å². The summed E-state index contributed by atoms with van der Waals surface area (Å²) < 4.78 is 1.30. The van der Waals surface area contributed by atoms with Crippen LogP contribution in [0.3, 0.4) is 0 Å². The Bertz CT molecular complexity index is 286. The molecule has 3 heteroatoms. The van der Waals surface area contributed by atoms with E-state index >= 15 is 0 Å². The average Bonchev–Trinajstić information content (AvgIpc) is 2.06. The van der Waals surface area contributed by atoms with Crippen LogP contribution in [0.2, 0.25) is 5.02 Å². The van der Waals surface area contributed by atoms with Gasteiger partial charge < -0.3 is 0 Å². The molecule has 0 nitrogen and oxygen atoms in total. The van der Waals surface area contributed by atoms with E-state index in [1.807, 2.05) is 17.8 Å². The van der Waals surface area contributed by atoms with Crippen molar-refractivity contribution in [1.29, 1.82) is 0 Å².